The quantitative estimate of drug-likeness (QED) is 0.813. The van der Waals surface area contributed by atoms with Gasteiger partial charge in [0.2, 0.25) is 5.78 Å². The summed E-state index contributed by atoms with van der Waals surface area (Å²) in [5, 5.41) is 21.1. The summed E-state index contributed by atoms with van der Waals surface area (Å²) in [6, 6.07) is 0. The van der Waals surface area contributed by atoms with E-state index in [0.29, 0.717) is 17.7 Å². The predicted molar refractivity (Wildman–Crippen MR) is 82.0 cm³/mol. The molecule has 7 heteroatoms. The first-order chi connectivity index (χ1) is 11.3. The van der Waals surface area contributed by atoms with Crippen LogP contribution < -0.4 is 0 Å². The summed E-state index contributed by atoms with van der Waals surface area (Å²) >= 11 is 0. The first kappa shape index (κ1) is 16.5. The average Bonchev–Trinajstić information content (AvgIpc) is 2.54. The third-order valence-electron chi connectivity index (χ3n) is 4.31. The molecular formula is C17H18O7. The zero-order valence-corrected chi connectivity index (χ0v) is 13.6. The average molecular weight is 334 g/mol. The first-order valence-corrected chi connectivity index (χ1v) is 7.55. The number of hydrogen-bond acceptors (Lipinski definition) is 7. The molecule has 1 aromatic rings. The van der Waals surface area contributed by atoms with Crippen LogP contribution in [0.5, 0.6) is 11.5 Å². The molecule has 128 valence electrons. The molecule has 3 rings (SSSR count). The first-order valence-electron chi connectivity index (χ1n) is 7.55. The number of benzene rings is 1. The Hall–Kier alpha value is -2.38. The van der Waals surface area contributed by atoms with Gasteiger partial charge in [-0.3, -0.25) is 9.59 Å². The second-order valence-electron chi connectivity index (χ2n) is 5.84. The summed E-state index contributed by atoms with van der Waals surface area (Å²) in [4.78, 5) is 24.7. The molecule has 0 saturated heterocycles. The number of carbonyl (C=O) groups is 2. The Kier molecular flexibility index (Phi) is 3.85. The molecule has 0 spiro atoms. The monoisotopic (exact) mass is 334 g/mol. The second kappa shape index (κ2) is 5.61. The highest BCUT2D eigenvalue weighted by Gasteiger charge is 2.41. The molecule has 0 saturated carbocycles. The van der Waals surface area contributed by atoms with E-state index < -0.39 is 17.4 Å². The van der Waals surface area contributed by atoms with Gasteiger partial charge in [-0.1, -0.05) is 0 Å². The van der Waals surface area contributed by atoms with Crippen molar-refractivity contribution in [3.05, 3.63) is 34.1 Å². The van der Waals surface area contributed by atoms with Crippen molar-refractivity contribution < 1.29 is 34.0 Å². The Balaban J connectivity index is 2.21. The highest BCUT2D eigenvalue weighted by molar-refractivity contribution is 6.26. The smallest absolute Gasteiger partial charge is 0.232 e. The Morgan fingerprint density at radius 3 is 2.50 bits per heavy atom. The Labute approximate surface area is 138 Å². The summed E-state index contributed by atoms with van der Waals surface area (Å²) in [6.07, 6.45) is 1.14. The van der Waals surface area contributed by atoms with Crippen LogP contribution in [0, 0.1) is 0 Å². The number of carbonyl (C=O) groups excluding carboxylic acids is 2. The minimum absolute atomic E-state index is 0.0408. The molecule has 2 N–H and O–H groups in total. The van der Waals surface area contributed by atoms with E-state index in [1.165, 1.54) is 7.11 Å². The summed E-state index contributed by atoms with van der Waals surface area (Å²) in [7, 11) is 1.26. The third kappa shape index (κ3) is 2.28. The molecule has 0 amide bonds. The van der Waals surface area contributed by atoms with E-state index in [-0.39, 0.29) is 41.4 Å². The zero-order chi connectivity index (χ0) is 17.6. The number of allylic oxidation sites excluding steroid dienone is 2. The number of methoxy groups -OCH3 is 1. The Morgan fingerprint density at radius 1 is 1.21 bits per heavy atom. The van der Waals surface area contributed by atoms with Crippen molar-refractivity contribution in [2.75, 3.05) is 13.7 Å². The molecule has 1 heterocycles. The van der Waals surface area contributed by atoms with Crippen molar-refractivity contribution in [2.24, 2.45) is 0 Å². The number of aromatic hydroxyl groups is 2. The van der Waals surface area contributed by atoms with E-state index in [9.17, 15) is 19.8 Å². The van der Waals surface area contributed by atoms with Gasteiger partial charge in [0.1, 0.15) is 11.5 Å². The van der Waals surface area contributed by atoms with E-state index in [4.69, 9.17) is 14.2 Å². The van der Waals surface area contributed by atoms with E-state index in [2.05, 4.69) is 0 Å². The fraction of sp³-hybridized carbons (Fsp3) is 0.412. The zero-order valence-electron chi connectivity index (χ0n) is 13.6. The van der Waals surface area contributed by atoms with Crippen LogP contribution in [0.1, 0.15) is 45.7 Å². The number of hydrogen-bond donors (Lipinski definition) is 2. The largest absolute Gasteiger partial charge is 0.507 e. The SMILES string of the molecule is CCO[C@]1(C)Cc2c(O)c3c(c(O)c2CO1)C(=O)C=C(OC)C3=O. The number of fused-ring (bicyclic) bond motifs is 2. The number of ketones is 2. The maximum absolute atomic E-state index is 12.5. The lowest BCUT2D eigenvalue weighted by atomic mass is 9.84. The van der Waals surface area contributed by atoms with E-state index in [1.54, 1.807) is 6.92 Å². The molecular weight excluding hydrogens is 316 g/mol. The van der Waals surface area contributed by atoms with Crippen LogP contribution in [0.15, 0.2) is 11.8 Å². The number of rotatable bonds is 3. The molecule has 1 aliphatic carbocycles. The maximum Gasteiger partial charge on any atom is 0.232 e. The maximum atomic E-state index is 12.5. The van der Waals surface area contributed by atoms with Gasteiger partial charge in [-0.15, -0.1) is 0 Å². The molecule has 2 aliphatic rings. The molecule has 0 bridgehead atoms. The van der Waals surface area contributed by atoms with Gasteiger partial charge in [-0.05, 0) is 13.8 Å². The van der Waals surface area contributed by atoms with Gasteiger partial charge in [0.25, 0.3) is 0 Å². The molecule has 0 radical (unpaired) electrons. The van der Waals surface area contributed by atoms with Crippen LogP contribution in [-0.2, 0) is 27.2 Å². The van der Waals surface area contributed by atoms with Gasteiger partial charge in [-0.25, -0.2) is 0 Å². The van der Waals surface area contributed by atoms with Gasteiger partial charge in [0, 0.05) is 30.2 Å². The Morgan fingerprint density at radius 2 is 1.88 bits per heavy atom. The highest BCUT2D eigenvalue weighted by Crippen LogP contribution is 2.45. The fourth-order valence-electron chi connectivity index (χ4n) is 3.16. The van der Waals surface area contributed by atoms with E-state index in [0.717, 1.165) is 6.08 Å². The van der Waals surface area contributed by atoms with Crippen LogP contribution in [0.4, 0.5) is 0 Å². The third-order valence-corrected chi connectivity index (χ3v) is 4.31. The number of phenolic OH excluding ortho intramolecular Hbond substituents is 2. The normalized spacial score (nSPS) is 22.7. The molecule has 7 nitrogen and oxygen atoms in total. The standard InChI is InChI=1S/C17H18O7/c1-4-23-17(2)6-8-9(7-24-17)15(20)12-10(18)5-11(22-3)16(21)13(12)14(8)19/h5,19-20H,4,6-7H2,1-3H3/t17-/m0/s1. The number of ether oxygens (including phenoxy) is 3. The molecule has 24 heavy (non-hydrogen) atoms. The van der Waals surface area contributed by atoms with Gasteiger partial charge in [0.05, 0.1) is 24.8 Å². The summed E-state index contributed by atoms with van der Waals surface area (Å²) in [5.41, 5.74) is 0.169. The van der Waals surface area contributed by atoms with Crippen LogP contribution >= 0.6 is 0 Å². The van der Waals surface area contributed by atoms with Crippen molar-refractivity contribution in [3.8, 4) is 11.5 Å². The summed E-state index contributed by atoms with van der Waals surface area (Å²) in [5.74, 6) is -3.10. The molecule has 0 fully saturated rings. The van der Waals surface area contributed by atoms with Crippen LogP contribution in [0.25, 0.3) is 0 Å². The van der Waals surface area contributed by atoms with Gasteiger partial charge < -0.3 is 24.4 Å². The van der Waals surface area contributed by atoms with E-state index >= 15 is 0 Å². The molecule has 1 aromatic carbocycles. The minimum Gasteiger partial charge on any atom is -0.507 e. The molecule has 1 atom stereocenters. The molecule has 0 unspecified atom stereocenters. The summed E-state index contributed by atoms with van der Waals surface area (Å²) < 4.78 is 16.1. The predicted octanol–water partition coefficient (Wildman–Crippen LogP) is 1.83. The van der Waals surface area contributed by atoms with Crippen molar-refractivity contribution in [3.63, 3.8) is 0 Å². The topological polar surface area (TPSA) is 102 Å². The lowest BCUT2D eigenvalue weighted by Gasteiger charge is -2.36. The van der Waals surface area contributed by atoms with Crippen molar-refractivity contribution in [1.82, 2.24) is 0 Å². The lowest BCUT2D eigenvalue weighted by molar-refractivity contribution is -0.235. The lowest BCUT2D eigenvalue weighted by Crippen LogP contribution is -2.38. The van der Waals surface area contributed by atoms with Crippen molar-refractivity contribution in [2.45, 2.75) is 32.7 Å². The second-order valence-corrected chi connectivity index (χ2v) is 5.84. The molecule has 1 aliphatic heterocycles. The molecule has 0 aromatic heterocycles. The van der Waals surface area contributed by atoms with E-state index in [1.807, 2.05) is 6.92 Å². The van der Waals surface area contributed by atoms with Crippen LogP contribution in [-0.4, -0.2) is 41.3 Å². The highest BCUT2D eigenvalue weighted by atomic mass is 16.7. The number of Topliss-reactive ketones (excluding diaryl/α,β-unsaturated/α-hetero) is 1. The number of phenols is 2. The van der Waals surface area contributed by atoms with Gasteiger partial charge >= 0.3 is 0 Å². The minimum atomic E-state index is -0.985. The van der Waals surface area contributed by atoms with Gasteiger partial charge in [0.15, 0.2) is 17.3 Å². The van der Waals surface area contributed by atoms with Crippen molar-refractivity contribution in [1.29, 1.82) is 0 Å². The Bertz CT molecular complexity index is 778. The van der Waals surface area contributed by atoms with Crippen molar-refractivity contribution >= 4 is 11.6 Å². The fourth-order valence-corrected chi connectivity index (χ4v) is 3.16. The van der Waals surface area contributed by atoms with Crippen LogP contribution in [0.2, 0.25) is 0 Å². The van der Waals surface area contributed by atoms with Gasteiger partial charge in [-0.2, -0.15) is 0 Å². The summed E-state index contributed by atoms with van der Waals surface area (Å²) in [6.45, 7) is 3.88. The van der Waals surface area contributed by atoms with Crippen LogP contribution in [0.3, 0.4) is 0 Å².